The Balaban J connectivity index is 1.50. The van der Waals surface area contributed by atoms with Crippen LogP contribution in [0.3, 0.4) is 0 Å². The van der Waals surface area contributed by atoms with Crippen LogP contribution in [0.2, 0.25) is 0 Å². The lowest BCUT2D eigenvalue weighted by atomic mass is 9.90. The van der Waals surface area contributed by atoms with Crippen LogP contribution in [0.1, 0.15) is 18.4 Å². The average molecular weight is 469 g/mol. The molecular weight excluding hydrogens is 448 g/mol. The van der Waals surface area contributed by atoms with Crippen molar-refractivity contribution in [1.29, 1.82) is 0 Å². The first-order valence-electron chi connectivity index (χ1n) is 9.77. The number of hydrogen-bond donors (Lipinski definition) is 1. The third-order valence-corrected chi connectivity index (χ3v) is 5.71. The monoisotopic (exact) mass is 468 g/mol. The third-order valence-electron chi connectivity index (χ3n) is 5.24. The molecule has 0 saturated carbocycles. The highest BCUT2D eigenvalue weighted by molar-refractivity contribution is 9.10. The number of piperidine rings is 1. The van der Waals surface area contributed by atoms with Crippen molar-refractivity contribution < 1.29 is 4.92 Å². The highest BCUT2D eigenvalue weighted by Gasteiger charge is 2.30. The van der Waals surface area contributed by atoms with Gasteiger partial charge >= 0.3 is 5.69 Å². The average Bonchev–Trinajstić information content (AvgIpc) is 2.76. The summed E-state index contributed by atoms with van der Waals surface area (Å²) in [7, 11) is 0. The fourth-order valence-electron chi connectivity index (χ4n) is 3.73. The molecule has 0 unspecified atom stereocenters. The van der Waals surface area contributed by atoms with E-state index in [1.165, 1.54) is 11.9 Å². The van der Waals surface area contributed by atoms with Crippen LogP contribution in [0.5, 0.6) is 0 Å². The van der Waals surface area contributed by atoms with Crippen molar-refractivity contribution in [3.8, 4) is 0 Å². The summed E-state index contributed by atoms with van der Waals surface area (Å²) in [5.74, 6) is 1.54. The summed E-state index contributed by atoms with van der Waals surface area (Å²) in [6.45, 7) is 1.46. The van der Waals surface area contributed by atoms with Crippen molar-refractivity contribution in [2.75, 3.05) is 23.3 Å². The molecule has 30 heavy (non-hydrogen) atoms. The maximum atomic E-state index is 11.9. The Kier molecular flexibility index (Phi) is 6.18. The molecule has 0 bridgehead atoms. The van der Waals surface area contributed by atoms with Crippen LogP contribution >= 0.6 is 15.9 Å². The van der Waals surface area contributed by atoms with Crippen LogP contribution in [0.15, 0.2) is 59.5 Å². The van der Waals surface area contributed by atoms with Gasteiger partial charge in [-0.05, 0) is 58.8 Å². The van der Waals surface area contributed by atoms with Crippen molar-refractivity contribution >= 4 is 39.1 Å². The van der Waals surface area contributed by atoms with Crippen LogP contribution in [-0.4, -0.2) is 33.0 Å². The quantitative estimate of drug-likeness (QED) is 0.411. The van der Waals surface area contributed by atoms with Crippen LogP contribution in [0.25, 0.3) is 0 Å². The first-order valence-corrected chi connectivity index (χ1v) is 10.6. The Bertz CT molecular complexity index is 1010. The summed E-state index contributed by atoms with van der Waals surface area (Å²) in [5.41, 5.74) is 1.21. The number of nitro groups is 1. The molecule has 0 aliphatic carbocycles. The molecule has 8 nitrogen and oxygen atoms in total. The second kappa shape index (κ2) is 9.17. The molecule has 1 saturated heterocycles. The van der Waals surface area contributed by atoms with Gasteiger partial charge in [0.15, 0.2) is 0 Å². The van der Waals surface area contributed by atoms with E-state index in [-0.39, 0.29) is 11.5 Å². The summed E-state index contributed by atoms with van der Waals surface area (Å²) in [6, 6.07) is 14.0. The van der Waals surface area contributed by atoms with Gasteiger partial charge in [-0.2, -0.15) is 0 Å². The smallest absolute Gasteiger partial charge is 0.351 e. The summed E-state index contributed by atoms with van der Waals surface area (Å²) in [4.78, 5) is 26.0. The topological polar surface area (TPSA) is 97.1 Å². The lowest BCUT2D eigenvalue weighted by Crippen LogP contribution is -2.35. The lowest BCUT2D eigenvalue weighted by molar-refractivity contribution is -0.383. The molecule has 3 heterocycles. The molecule has 2 aromatic heterocycles. The van der Waals surface area contributed by atoms with Crippen molar-refractivity contribution in [3.05, 3.63) is 75.1 Å². The highest BCUT2D eigenvalue weighted by Crippen LogP contribution is 2.35. The van der Waals surface area contributed by atoms with Crippen LogP contribution in [0.4, 0.5) is 23.1 Å². The second-order valence-corrected chi connectivity index (χ2v) is 8.17. The number of hydrogen-bond acceptors (Lipinski definition) is 7. The fraction of sp³-hybridized carbons (Fsp3) is 0.286. The normalized spacial score (nSPS) is 14.5. The number of halogens is 1. The lowest BCUT2D eigenvalue weighted by Gasteiger charge is -2.32. The van der Waals surface area contributed by atoms with Gasteiger partial charge in [-0.15, -0.1) is 0 Å². The molecule has 0 spiro atoms. The zero-order valence-electron chi connectivity index (χ0n) is 16.2. The van der Waals surface area contributed by atoms with Gasteiger partial charge in [0.2, 0.25) is 11.6 Å². The van der Waals surface area contributed by atoms with Crippen LogP contribution in [-0.2, 0) is 6.42 Å². The number of nitrogens with one attached hydrogen (secondary N) is 1. The Labute approximate surface area is 182 Å². The number of benzene rings is 1. The molecule has 0 amide bonds. The van der Waals surface area contributed by atoms with Gasteiger partial charge in [-0.3, -0.25) is 10.1 Å². The molecule has 1 aliphatic rings. The zero-order chi connectivity index (χ0) is 20.9. The van der Waals surface area contributed by atoms with E-state index in [1.54, 1.807) is 18.3 Å². The van der Waals surface area contributed by atoms with E-state index in [0.29, 0.717) is 17.6 Å². The first kappa shape index (κ1) is 20.2. The van der Waals surface area contributed by atoms with E-state index in [9.17, 15) is 10.1 Å². The molecule has 9 heteroatoms. The SMILES string of the molecule is O=[N+]([O-])c1c(Nc2ccc(Br)cn2)ncnc1N1CCC(Cc2ccccc2)CC1. The molecule has 1 fully saturated rings. The summed E-state index contributed by atoms with van der Waals surface area (Å²) in [5, 5.41) is 14.8. The molecule has 0 atom stereocenters. The maximum Gasteiger partial charge on any atom is 0.353 e. The predicted molar refractivity (Wildman–Crippen MR) is 119 cm³/mol. The van der Waals surface area contributed by atoms with Gasteiger partial charge in [0.1, 0.15) is 12.1 Å². The summed E-state index contributed by atoms with van der Waals surface area (Å²) in [6.07, 6.45) is 5.94. The standard InChI is InChI=1S/C21H21BrN6O2/c22-17-6-7-18(23-13-17)26-20-19(28(29)30)21(25-14-24-20)27-10-8-16(9-11-27)12-15-4-2-1-3-5-15/h1-7,13-14,16H,8-12H2,(H,23,24,25,26). The van der Waals surface area contributed by atoms with Gasteiger partial charge in [0.25, 0.3) is 0 Å². The van der Waals surface area contributed by atoms with E-state index in [1.807, 2.05) is 11.0 Å². The minimum Gasteiger partial charge on any atom is -0.351 e. The van der Waals surface area contributed by atoms with Gasteiger partial charge in [0.05, 0.1) is 4.92 Å². The highest BCUT2D eigenvalue weighted by atomic mass is 79.9. The zero-order valence-corrected chi connectivity index (χ0v) is 17.8. The van der Waals surface area contributed by atoms with E-state index in [2.05, 4.69) is 60.5 Å². The number of aromatic nitrogens is 3. The first-order chi connectivity index (χ1) is 14.6. The predicted octanol–water partition coefficient (Wildman–Crippen LogP) is 4.75. The Hall–Kier alpha value is -3.07. The van der Waals surface area contributed by atoms with E-state index in [0.717, 1.165) is 36.8 Å². The number of nitrogens with zero attached hydrogens (tertiary/aromatic N) is 5. The van der Waals surface area contributed by atoms with Gasteiger partial charge < -0.3 is 10.2 Å². The van der Waals surface area contributed by atoms with Gasteiger partial charge in [0, 0.05) is 23.8 Å². The van der Waals surface area contributed by atoms with Crippen LogP contribution < -0.4 is 10.2 Å². The second-order valence-electron chi connectivity index (χ2n) is 7.26. The Morgan fingerprint density at radius 3 is 2.53 bits per heavy atom. The van der Waals surface area contributed by atoms with E-state index in [4.69, 9.17) is 0 Å². The largest absolute Gasteiger partial charge is 0.353 e. The number of anilines is 3. The maximum absolute atomic E-state index is 11.9. The van der Waals surface area contributed by atoms with Crippen molar-refractivity contribution in [2.24, 2.45) is 5.92 Å². The number of pyridine rings is 1. The van der Waals surface area contributed by atoms with Crippen molar-refractivity contribution in [2.45, 2.75) is 19.3 Å². The molecule has 1 aromatic carbocycles. The van der Waals surface area contributed by atoms with E-state index < -0.39 is 4.92 Å². The molecular formula is C21H21BrN6O2. The third kappa shape index (κ3) is 4.73. The minimum absolute atomic E-state index is 0.122. The molecule has 4 rings (SSSR count). The molecule has 1 aliphatic heterocycles. The molecule has 3 aromatic rings. The number of rotatable bonds is 6. The van der Waals surface area contributed by atoms with Gasteiger partial charge in [-0.1, -0.05) is 30.3 Å². The molecule has 1 N–H and O–H groups in total. The molecule has 154 valence electrons. The van der Waals surface area contributed by atoms with Crippen LogP contribution in [0, 0.1) is 16.0 Å². The summed E-state index contributed by atoms with van der Waals surface area (Å²) >= 11 is 3.33. The Morgan fingerprint density at radius 2 is 1.87 bits per heavy atom. The van der Waals surface area contributed by atoms with Crippen molar-refractivity contribution in [3.63, 3.8) is 0 Å². The van der Waals surface area contributed by atoms with Gasteiger partial charge in [-0.25, -0.2) is 15.0 Å². The van der Waals surface area contributed by atoms with Crippen molar-refractivity contribution in [1.82, 2.24) is 15.0 Å². The Morgan fingerprint density at radius 1 is 1.10 bits per heavy atom. The summed E-state index contributed by atoms with van der Waals surface area (Å²) < 4.78 is 0.823. The minimum atomic E-state index is -0.424. The molecule has 0 radical (unpaired) electrons. The van der Waals surface area contributed by atoms with E-state index >= 15 is 0 Å². The fourth-order valence-corrected chi connectivity index (χ4v) is 3.96.